The topological polar surface area (TPSA) is 67.6 Å². The number of hydrogen-bond donors (Lipinski definition) is 0. The van der Waals surface area contributed by atoms with E-state index in [2.05, 4.69) is 15.9 Å². The average molecular weight is 472 g/mol. The van der Waals surface area contributed by atoms with Gasteiger partial charge in [-0.1, -0.05) is 45.8 Å². The maximum atomic E-state index is 13.3. The molecule has 4 rings (SSSR count). The Labute approximate surface area is 177 Å². The first-order valence-corrected chi connectivity index (χ1v) is 11.5. The summed E-state index contributed by atoms with van der Waals surface area (Å²) in [6.07, 6.45) is 1.55. The molecule has 1 aliphatic heterocycles. The monoisotopic (exact) mass is 471 g/mol. The minimum Gasteiger partial charge on any atom is -0.451 e. The fourth-order valence-corrected chi connectivity index (χ4v) is 4.76. The summed E-state index contributed by atoms with van der Waals surface area (Å²) in [6.45, 7) is 1.95. The molecular formula is C22H18BrNO4S. The van der Waals surface area contributed by atoms with Gasteiger partial charge in [0.1, 0.15) is 5.76 Å². The molecule has 29 heavy (non-hydrogen) atoms. The molecule has 0 unspecified atom stereocenters. The lowest BCUT2D eigenvalue weighted by atomic mass is 10.1. The van der Waals surface area contributed by atoms with Crippen LogP contribution in [0.4, 0.5) is 5.69 Å². The lowest BCUT2D eigenvalue weighted by Crippen LogP contribution is -2.41. The third-order valence-corrected chi connectivity index (χ3v) is 6.63. The normalized spacial score (nSPS) is 17.4. The number of furan rings is 1. The van der Waals surface area contributed by atoms with E-state index in [0.29, 0.717) is 11.4 Å². The van der Waals surface area contributed by atoms with E-state index in [0.717, 1.165) is 15.6 Å². The Morgan fingerprint density at radius 2 is 1.72 bits per heavy atom. The molecule has 3 aromatic rings. The summed E-state index contributed by atoms with van der Waals surface area (Å²) in [4.78, 5) is 14.8. The molecule has 0 aliphatic carbocycles. The van der Waals surface area contributed by atoms with Gasteiger partial charge in [-0.05, 0) is 49.4 Å². The summed E-state index contributed by atoms with van der Waals surface area (Å²) in [6, 6.07) is 17.7. The van der Waals surface area contributed by atoms with Gasteiger partial charge in [-0.15, -0.1) is 0 Å². The van der Waals surface area contributed by atoms with Crippen LogP contribution >= 0.6 is 15.9 Å². The highest BCUT2D eigenvalue weighted by Gasteiger charge is 2.33. The van der Waals surface area contributed by atoms with Crippen LogP contribution in [0.15, 0.2) is 81.0 Å². The van der Waals surface area contributed by atoms with Crippen LogP contribution in [0.2, 0.25) is 0 Å². The summed E-state index contributed by atoms with van der Waals surface area (Å²) in [7, 11) is -3.32. The minimum atomic E-state index is -3.32. The predicted octanol–water partition coefficient (Wildman–Crippen LogP) is 4.98. The third-order valence-electron chi connectivity index (χ3n) is 4.72. The number of halogens is 1. The lowest BCUT2D eigenvalue weighted by molar-refractivity contribution is 0.0957. The Kier molecular flexibility index (Phi) is 5.19. The van der Waals surface area contributed by atoms with Crippen LogP contribution in [0.3, 0.4) is 0 Å². The molecule has 0 spiro atoms. The van der Waals surface area contributed by atoms with Gasteiger partial charge in [-0.25, -0.2) is 8.42 Å². The first-order chi connectivity index (χ1) is 13.8. The van der Waals surface area contributed by atoms with Gasteiger partial charge in [0.05, 0.1) is 11.8 Å². The van der Waals surface area contributed by atoms with Crippen molar-refractivity contribution in [3.63, 3.8) is 0 Å². The highest BCUT2D eigenvalue weighted by atomic mass is 79.9. The van der Waals surface area contributed by atoms with Gasteiger partial charge >= 0.3 is 0 Å². The van der Waals surface area contributed by atoms with Crippen molar-refractivity contribution in [3.8, 4) is 11.3 Å². The van der Waals surface area contributed by atoms with Gasteiger partial charge in [-0.2, -0.15) is 0 Å². The molecule has 0 saturated carbocycles. The van der Waals surface area contributed by atoms with E-state index in [4.69, 9.17) is 4.42 Å². The van der Waals surface area contributed by atoms with Crippen molar-refractivity contribution in [2.75, 3.05) is 10.7 Å². The summed E-state index contributed by atoms with van der Waals surface area (Å²) in [5, 5.41) is 1.17. The third kappa shape index (κ3) is 4.21. The zero-order chi connectivity index (χ0) is 20.6. The van der Waals surface area contributed by atoms with Crippen molar-refractivity contribution >= 4 is 37.4 Å². The van der Waals surface area contributed by atoms with Crippen LogP contribution in [0.25, 0.3) is 11.3 Å². The second-order valence-electron chi connectivity index (χ2n) is 6.91. The van der Waals surface area contributed by atoms with Crippen LogP contribution in [-0.2, 0) is 9.84 Å². The number of nitrogens with zero attached hydrogens (tertiary/aromatic N) is 1. The summed E-state index contributed by atoms with van der Waals surface area (Å²) < 4.78 is 30.7. The van der Waals surface area contributed by atoms with E-state index in [-0.39, 0.29) is 17.4 Å². The summed E-state index contributed by atoms with van der Waals surface area (Å²) >= 11 is 3.40. The summed E-state index contributed by atoms with van der Waals surface area (Å²) in [5.41, 5.74) is 2.51. The number of aryl methyl sites for hydroxylation is 1. The molecule has 0 fully saturated rings. The molecule has 5 nitrogen and oxygen atoms in total. The second kappa shape index (κ2) is 7.65. The number of carbonyl (C=O) groups excluding carboxylic acids is 1. The fraction of sp³-hybridized carbons (Fsp3) is 0.136. The smallest absolute Gasteiger partial charge is 0.294 e. The van der Waals surface area contributed by atoms with Crippen molar-refractivity contribution in [3.05, 3.63) is 87.9 Å². The maximum absolute atomic E-state index is 13.3. The Morgan fingerprint density at radius 3 is 2.34 bits per heavy atom. The van der Waals surface area contributed by atoms with Gasteiger partial charge in [-0.3, -0.25) is 9.69 Å². The van der Waals surface area contributed by atoms with Crippen molar-refractivity contribution < 1.29 is 17.6 Å². The average Bonchev–Trinajstić information content (AvgIpc) is 3.31. The molecule has 1 atom stereocenters. The molecule has 1 aromatic heterocycles. The number of sulfone groups is 1. The molecule has 2 aromatic carbocycles. The van der Waals surface area contributed by atoms with E-state index in [1.165, 1.54) is 10.3 Å². The molecule has 0 N–H and O–H groups in total. The Hall–Kier alpha value is -2.64. The Morgan fingerprint density at radius 1 is 1.03 bits per heavy atom. The number of anilines is 1. The fourth-order valence-electron chi connectivity index (χ4n) is 3.23. The molecule has 0 bridgehead atoms. The van der Waals surface area contributed by atoms with E-state index >= 15 is 0 Å². The van der Waals surface area contributed by atoms with Crippen LogP contribution in [0.1, 0.15) is 16.1 Å². The van der Waals surface area contributed by atoms with Crippen LogP contribution in [0, 0.1) is 6.92 Å². The van der Waals surface area contributed by atoms with Gasteiger partial charge in [0.15, 0.2) is 15.6 Å². The minimum absolute atomic E-state index is 0.146. The first kappa shape index (κ1) is 19.7. The largest absolute Gasteiger partial charge is 0.451 e. The van der Waals surface area contributed by atoms with Gasteiger partial charge in [0.2, 0.25) is 0 Å². The molecule has 1 aliphatic rings. The number of carbonyl (C=O) groups is 1. The second-order valence-corrected chi connectivity index (χ2v) is 9.75. The number of benzene rings is 2. The molecule has 1 amide bonds. The van der Waals surface area contributed by atoms with E-state index in [9.17, 15) is 13.2 Å². The van der Waals surface area contributed by atoms with E-state index in [1.807, 2.05) is 55.5 Å². The molecule has 0 saturated heterocycles. The van der Waals surface area contributed by atoms with Crippen molar-refractivity contribution in [1.29, 1.82) is 0 Å². The maximum Gasteiger partial charge on any atom is 0.294 e. The Balaban J connectivity index is 1.69. The van der Waals surface area contributed by atoms with Gasteiger partial charge in [0.25, 0.3) is 5.91 Å². The predicted molar refractivity (Wildman–Crippen MR) is 117 cm³/mol. The highest BCUT2D eigenvalue weighted by molar-refractivity contribution is 9.10. The standard InChI is InChI=1S/C22H18BrNO4S/c1-15-2-8-18(9-3-15)24(19-12-13-29(26,27)14-19)22(25)21-11-10-20(28-21)16-4-6-17(23)7-5-16/h2-13,19H,14H2,1H3/t19-/m0/s1. The zero-order valence-electron chi connectivity index (χ0n) is 15.6. The molecule has 0 radical (unpaired) electrons. The van der Waals surface area contributed by atoms with Crippen LogP contribution < -0.4 is 4.90 Å². The van der Waals surface area contributed by atoms with Crippen molar-refractivity contribution in [2.24, 2.45) is 0 Å². The zero-order valence-corrected chi connectivity index (χ0v) is 18.0. The number of amides is 1. The van der Waals surface area contributed by atoms with Crippen LogP contribution in [0.5, 0.6) is 0 Å². The quantitative estimate of drug-likeness (QED) is 0.538. The number of hydrogen-bond acceptors (Lipinski definition) is 4. The molecule has 148 valence electrons. The SMILES string of the molecule is Cc1ccc(N(C(=O)c2ccc(-c3ccc(Br)cc3)o2)[C@H]2C=CS(=O)(=O)C2)cc1. The molecular weight excluding hydrogens is 454 g/mol. The van der Waals surface area contributed by atoms with E-state index in [1.54, 1.807) is 18.2 Å². The van der Waals surface area contributed by atoms with Gasteiger partial charge < -0.3 is 4.42 Å². The Bertz CT molecular complexity index is 1180. The highest BCUT2D eigenvalue weighted by Crippen LogP contribution is 2.28. The number of rotatable bonds is 4. The first-order valence-electron chi connectivity index (χ1n) is 8.99. The molecule has 7 heteroatoms. The van der Waals surface area contributed by atoms with Crippen LogP contribution in [-0.4, -0.2) is 26.1 Å². The van der Waals surface area contributed by atoms with E-state index < -0.39 is 15.9 Å². The summed E-state index contributed by atoms with van der Waals surface area (Å²) in [5.74, 6) is 0.192. The molecule has 2 heterocycles. The van der Waals surface area contributed by atoms with Crippen molar-refractivity contribution in [2.45, 2.75) is 13.0 Å². The van der Waals surface area contributed by atoms with Crippen molar-refractivity contribution in [1.82, 2.24) is 0 Å². The van der Waals surface area contributed by atoms with Gasteiger partial charge in [0, 0.05) is 21.1 Å². The lowest BCUT2D eigenvalue weighted by Gasteiger charge is -2.27.